The van der Waals surface area contributed by atoms with Crippen molar-refractivity contribution in [3.63, 3.8) is 0 Å². The zero-order valence-corrected chi connectivity index (χ0v) is 23.4. The summed E-state index contributed by atoms with van der Waals surface area (Å²) in [7, 11) is -3.75. The molecule has 2 rings (SSSR count). The molecular formula is C28H41N3O4S. The highest BCUT2D eigenvalue weighted by Gasteiger charge is 2.31. The molecule has 198 valence electrons. The number of anilines is 1. The molecule has 0 radical (unpaired) electrons. The normalized spacial score (nSPS) is 12.5. The summed E-state index contributed by atoms with van der Waals surface area (Å²) in [6.45, 7) is 12.3. The van der Waals surface area contributed by atoms with Crippen LogP contribution in [0, 0.1) is 12.8 Å². The van der Waals surface area contributed by atoms with Crippen molar-refractivity contribution in [3.8, 4) is 0 Å². The largest absolute Gasteiger partial charge is 0.354 e. The molecule has 1 N–H and O–H groups in total. The van der Waals surface area contributed by atoms with Crippen LogP contribution in [0.2, 0.25) is 0 Å². The van der Waals surface area contributed by atoms with Gasteiger partial charge in [0.1, 0.15) is 12.6 Å². The van der Waals surface area contributed by atoms with Crippen LogP contribution in [-0.4, -0.2) is 50.5 Å². The average Bonchev–Trinajstić information content (AvgIpc) is 2.80. The number of rotatable bonds is 12. The van der Waals surface area contributed by atoms with E-state index in [4.69, 9.17) is 0 Å². The number of hydrogen-bond acceptors (Lipinski definition) is 4. The third-order valence-corrected chi connectivity index (χ3v) is 7.17. The maximum absolute atomic E-state index is 13.7. The van der Waals surface area contributed by atoms with E-state index in [9.17, 15) is 18.0 Å². The second-order valence-electron chi connectivity index (χ2n) is 10.1. The molecule has 2 aromatic rings. The van der Waals surface area contributed by atoms with E-state index < -0.39 is 22.0 Å². The zero-order valence-electron chi connectivity index (χ0n) is 22.6. The molecule has 0 fully saturated rings. The summed E-state index contributed by atoms with van der Waals surface area (Å²) < 4.78 is 26.6. The highest BCUT2D eigenvalue weighted by Crippen LogP contribution is 2.23. The Kier molecular flexibility index (Phi) is 10.5. The van der Waals surface area contributed by atoms with Crippen molar-refractivity contribution in [2.45, 2.75) is 66.5 Å². The predicted octanol–water partition coefficient (Wildman–Crippen LogP) is 4.46. The lowest BCUT2D eigenvalue weighted by Crippen LogP contribution is -2.52. The number of aryl methyl sites for hydroxylation is 1. The van der Waals surface area contributed by atoms with Gasteiger partial charge in [0, 0.05) is 13.1 Å². The number of nitrogens with zero attached hydrogens (tertiary/aromatic N) is 2. The monoisotopic (exact) mass is 515 g/mol. The van der Waals surface area contributed by atoms with E-state index in [0.29, 0.717) is 24.6 Å². The van der Waals surface area contributed by atoms with E-state index >= 15 is 0 Å². The van der Waals surface area contributed by atoms with Gasteiger partial charge in [0.2, 0.25) is 21.8 Å². The van der Waals surface area contributed by atoms with Crippen LogP contribution in [0.3, 0.4) is 0 Å². The Hall–Kier alpha value is -2.87. The lowest BCUT2D eigenvalue weighted by Gasteiger charge is -2.33. The van der Waals surface area contributed by atoms with Crippen LogP contribution in [0.25, 0.3) is 0 Å². The number of carbonyl (C=O) groups is 2. The predicted molar refractivity (Wildman–Crippen MR) is 146 cm³/mol. The molecule has 0 saturated heterocycles. The molecule has 2 aromatic carbocycles. The summed E-state index contributed by atoms with van der Waals surface area (Å²) in [5, 5.41) is 2.93. The minimum Gasteiger partial charge on any atom is -0.354 e. The van der Waals surface area contributed by atoms with Crippen LogP contribution in [0.1, 0.15) is 63.6 Å². The molecule has 0 unspecified atom stereocenters. The summed E-state index contributed by atoms with van der Waals surface area (Å²) in [4.78, 5) is 28.3. The van der Waals surface area contributed by atoms with Crippen molar-refractivity contribution >= 4 is 27.5 Å². The molecule has 0 saturated carbocycles. The van der Waals surface area contributed by atoms with Crippen LogP contribution >= 0.6 is 0 Å². The van der Waals surface area contributed by atoms with Crippen LogP contribution in [0.5, 0.6) is 0 Å². The number of hydrogen-bond donors (Lipinski definition) is 1. The maximum atomic E-state index is 13.7. The van der Waals surface area contributed by atoms with Gasteiger partial charge in [-0.2, -0.15) is 0 Å². The first-order chi connectivity index (χ1) is 16.8. The molecule has 0 aliphatic heterocycles. The number of nitrogens with one attached hydrogen (secondary N) is 1. The van der Waals surface area contributed by atoms with Crippen molar-refractivity contribution in [3.05, 3.63) is 65.2 Å². The molecule has 0 aliphatic carbocycles. The number of benzene rings is 2. The first-order valence-corrected chi connectivity index (χ1v) is 14.4. The smallest absolute Gasteiger partial charge is 0.244 e. The van der Waals surface area contributed by atoms with E-state index in [1.165, 1.54) is 4.90 Å². The van der Waals surface area contributed by atoms with Gasteiger partial charge in [-0.1, -0.05) is 76.6 Å². The van der Waals surface area contributed by atoms with Crippen LogP contribution in [-0.2, 0) is 26.2 Å². The zero-order chi connectivity index (χ0) is 27.0. The van der Waals surface area contributed by atoms with Crippen LogP contribution in [0.4, 0.5) is 5.69 Å². The minimum absolute atomic E-state index is 0.206. The van der Waals surface area contributed by atoms with Gasteiger partial charge in [0.25, 0.3) is 0 Å². The van der Waals surface area contributed by atoms with Crippen molar-refractivity contribution in [2.24, 2.45) is 5.92 Å². The second kappa shape index (κ2) is 12.9. The molecule has 7 nitrogen and oxygen atoms in total. The van der Waals surface area contributed by atoms with Crippen LogP contribution in [0.15, 0.2) is 48.5 Å². The summed E-state index contributed by atoms with van der Waals surface area (Å²) in [5.41, 5.74) is 3.42. The van der Waals surface area contributed by atoms with Gasteiger partial charge in [-0.05, 0) is 48.4 Å². The summed E-state index contributed by atoms with van der Waals surface area (Å²) >= 11 is 0. The van der Waals surface area contributed by atoms with Gasteiger partial charge in [0.15, 0.2) is 0 Å². The maximum Gasteiger partial charge on any atom is 0.244 e. The summed E-state index contributed by atoms with van der Waals surface area (Å²) in [5.74, 6) is -0.102. The van der Waals surface area contributed by atoms with Crippen molar-refractivity contribution in [2.75, 3.05) is 23.7 Å². The Bertz CT molecular complexity index is 1130. The van der Waals surface area contributed by atoms with Gasteiger partial charge in [-0.3, -0.25) is 13.9 Å². The average molecular weight is 516 g/mol. The van der Waals surface area contributed by atoms with Gasteiger partial charge in [-0.25, -0.2) is 8.42 Å². The molecule has 2 amide bonds. The second-order valence-corrected chi connectivity index (χ2v) is 12.0. The Labute approximate surface area is 216 Å². The fraction of sp³-hybridized carbons (Fsp3) is 0.500. The molecule has 36 heavy (non-hydrogen) atoms. The standard InChI is InChI=1S/C28H41N3O4S/c1-8-26(28(33)29-17-20(2)3)30(18-23-11-9-10-22(6)16-23)27(32)19-31(36(7,34)35)25-14-12-24(13-15-25)21(4)5/h9-16,20-21,26H,8,17-19H2,1-7H3,(H,29,33)/t26-/m1/s1. The highest BCUT2D eigenvalue weighted by atomic mass is 32.2. The molecule has 8 heteroatoms. The van der Waals surface area contributed by atoms with E-state index in [-0.39, 0.29) is 24.9 Å². The van der Waals surface area contributed by atoms with Gasteiger partial charge < -0.3 is 10.2 Å². The highest BCUT2D eigenvalue weighted by molar-refractivity contribution is 7.92. The quantitative estimate of drug-likeness (QED) is 0.452. The van der Waals surface area contributed by atoms with E-state index in [2.05, 4.69) is 19.2 Å². The van der Waals surface area contributed by atoms with Crippen molar-refractivity contribution in [1.82, 2.24) is 10.2 Å². The van der Waals surface area contributed by atoms with Crippen molar-refractivity contribution in [1.29, 1.82) is 0 Å². The summed E-state index contributed by atoms with van der Waals surface area (Å²) in [6, 6.07) is 14.2. The van der Waals surface area contributed by atoms with Gasteiger partial charge in [0.05, 0.1) is 11.9 Å². The molecule has 0 aromatic heterocycles. The summed E-state index contributed by atoms with van der Waals surface area (Å²) in [6.07, 6.45) is 1.50. The third-order valence-electron chi connectivity index (χ3n) is 6.03. The Balaban J connectivity index is 2.42. The molecule has 1 atom stereocenters. The molecular weight excluding hydrogens is 474 g/mol. The first kappa shape index (κ1) is 29.4. The first-order valence-electron chi connectivity index (χ1n) is 12.5. The molecule has 0 bridgehead atoms. The Morgan fingerprint density at radius 2 is 1.64 bits per heavy atom. The van der Waals surface area contributed by atoms with E-state index in [1.807, 2.05) is 64.1 Å². The number of sulfonamides is 1. The molecule has 0 aliphatic rings. The SMILES string of the molecule is CC[C@H](C(=O)NCC(C)C)N(Cc1cccc(C)c1)C(=O)CN(c1ccc(C(C)C)cc1)S(C)(=O)=O. The third kappa shape index (κ3) is 8.36. The molecule has 0 spiro atoms. The Morgan fingerprint density at radius 1 is 1.00 bits per heavy atom. The lowest BCUT2D eigenvalue weighted by molar-refractivity contribution is -0.140. The van der Waals surface area contributed by atoms with E-state index in [0.717, 1.165) is 27.3 Å². The number of amides is 2. The topological polar surface area (TPSA) is 86.8 Å². The van der Waals surface area contributed by atoms with Crippen molar-refractivity contribution < 1.29 is 18.0 Å². The Morgan fingerprint density at radius 3 is 2.14 bits per heavy atom. The number of carbonyl (C=O) groups excluding carboxylic acids is 2. The van der Waals surface area contributed by atoms with E-state index in [1.54, 1.807) is 12.1 Å². The lowest BCUT2D eigenvalue weighted by atomic mass is 10.0. The van der Waals surface area contributed by atoms with Gasteiger partial charge in [-0.15, -0.1) is 0 Å². The van der Waals surface area contributed by atoms with Gasteiger partial charge >= 0.3 is 0 Å². The molecule has 0 heterocycles. The fourth-order valence-corrected chi connectivity index (χ4v) is 4.84. The van der Waals surface area contributed by atoms with Crippen LogP contribution < -0.4 is 9.62 Å². The fourth-order valence-electron chi connectivity index (χ4n) is 3.99. The minimum atomic E-state index is -3.75.